The van der Waals surface area contributed by atoms with Gasteiger partial charge in [-0.25, -0.2) is 17.9 Å². The van der Waals surface area contributed by atoms with E-state index in [9.17, 15) is 12.8 Å². The molecule has 2 aromatic carbocycles. The molecular weight excluding hydrogens is 395 g/mol. The minimum absolute atomic E-state index is 0.397. The number of benzene rings is 2. The van der Waals surface area contributed by atoms with E-state index in [0.717, 1.165) is 10.0 Å². The minimum atomic E-state index is -4.10. The highest BCUT2D eigenvalue weighted by Gasteiger charge is 2.34. The second-order valence-electron chi connectivity index (χ2n) is 5.52. The first-order valence-electron chi connectivity index (χ1n) is 7.09. The zero-order valence-corrected chi connectivity index (χ0v) is 14.9. The van der Waals surface area contributed by atoms with Crippen molar-refractivity contribution in [1.82, 2.24) is 0 Å². The number of rotatable bonds is 3. The van der Waals surface area contributed by atoms with E-state index in [4.69, 9.17) is 5.14 Å². The lowest BCUT2D eigenvalue weighted by Crippen LogP contribution is -2.31. The van der Waals surface area contributed by atoms with Gasteiger partial charge in [0.2, 0.25) is 10.0 Å². The molecule has 3 rings (SSSR count). The van der Waals surface area contributed by atoms with Crippen LogP contribution in [0.4, 0.5) is 4.39 Å². The summed E-state index contributed by atoms with van der Waals surface area (Å²) in [6.07, 6.45) is 5.42. The molecule has 0 spiro atoms. The summed E-state index contributed by atoms with van der Waals surface area (Å²) in [4.78, 5) is 3.81. The highest BCUT2D eigenvalue weighted by atomic mass is 79.9. The standard InChI is InChI=1S/C17H14BrFN2O2S/c18-14-4-1-3-12(9-14)17(7-2-8-21-11-17)13-5-6-16(15(19)10-13)24(20,22)23/h1-10H,11H2,(H2,20,22,23). The van der Waals surface area contributed by atoms with Crippen LogP contribution in [0, 0.1) is 5.82 Å². The van der Waals surface area contributed by atoms with Crippen LogP contribution in [0.1, 0.15) is 11.1 Å². The molecule has 0 aromatic heterocycles. The third-order valence-electron chi connectivity index (χ3n) is 4.01. The number of dihydropyridines is 1. The van der Waals surface area contributed by atoms with Crippen molar-refractivity contribution < 1.29 is 12.8 Å². The topological polar surface area (TPSA) is 72.5 Å². The molecule has 7 heteroatoms. The maximum Gasteiger partial charge on any atom is 0.240 e. The number of hydrogen-bond acceptors (Lipinski definition) is 3. The molecule has 0 saturated heterocycles. The summed E-state index contributed by atoms with van der Waals surface area (Å²) >= 11 is 3.45. The Bertz CT molecular complexity index is 957. The van der Waals surface area contributed by atoms with Gasteiger partial charge in [-0.2, -0.15) is 0 Å². The third kappa shape index (κ3) is 3.07. The van der Waals surface area contributed by atoms with Crippen LogP contribution in [-0.4, -0.2) is 21.2 Å². The van der Waals surface area contributed by atoms with E-state index >= 15 is 0 Å². The second kappa shape index (κ2) is 6.23. The Morgan fingerprint density at radius 2 is 1.92 bits per heavy atom. The molecule has 0 bridgehead atoms. The molecule has 1 heterocycles. The van der Waals surface area contributed by atoms with Gasteiger partial charge in [0.25, 0.3) is 0 Å². The van der Waals surface area contributed by atoms with Gasteiger partial charge < -0.3 is 0 Å². The lowest BCUT2D eigenvalue weighted by Gasteiger charge is -2.32. The summed E-state index contributed by atoms with van der Waals surface area (Å²) in [5, 5.41) is 5.04. The van der Waals surface area contributed by atoms with Gasteiger partial charge >= 0.3 is 0 Å². The number of primary sulfonamides is 1. The van der Waals surface area contributed by atoms with E-state index in [1.165, 1.54) is 12.1 Å². The van der Waals surface area contributed by atoms with Crippen LogP contribution in [-0.2, 0) is 15.4 Å². The number of nitrogens with two attached hydrogens (primary N) is 1. The predicted octanol–water partition coefficient (Wildman–Crippen LogP) is 3.16. The Morgan fingerprint density at radius 1 is 1.17 bits per heavy atom. The molecule has 1 unspecified atom stereocenters. The molecule has 4 nitrogen and oxygen atoms in total. The van der Waals surface area contributed by atoms with Gasteiger partial charge in [-0.3, -0.25) is 4.99 Å². The van der Waals surface area contributed by atoms with Crippen LogP contribution in [0.15, 0.2) is 69.0 Å². The summed E-state index contributed by atoms with van der Waals surface area (Å²) in [6, 6.07) is 11.7. The molecule has 1 atom stereocenters. The van der Waals surface area contributed by atoms with Gasteiger partial charge in [0.15, 0.2) is 0 Å². The van der Waals surface area contributed by atoms with Crippen molar-refractivity contribution in [2.24, 2.45) is 10.1 Å². The normalized spacial score (nSPS) is 20.3. The van der Waals surface area contributed by atoms with E-state index in [1.54, 1.807) is 18.4 Å². The monoisotopic (exact) mass is 408 g/mol. The summed E-state index contributed by atoms with van der Waals surface area (Å²) < 4.78 is 38.1. The van der Waals surface area contributed by atoms with E-state index < -0.39 is 26.2 Å². The van der Waals surface area contributed by atoms with Gasteiger partial charge in [-0.15, -0.1) is 0 Å². The predicted molar refractivity (Wildman–Crippen MR) is 95.2 cm³/mol. The quantitative estimate of drug-likeness (QED) is 0.846. The SMILES string of the molecule is NS(=O)(=O)c1ccc(C2(c3cccc(Br)c3)C=CC=NC2)cc1F. The Balaban J connectivity index is 2.20. The second-order valence-corrected chi connectivity index (χ2v) is 7.97. The average Bonchev–Trinajstić information content (AvgIpc) is 2.54. The van der Waals surface area contributed by atoms with Crippen LogP contribution < -0.4 is 5.14 Å². The zero-order valence-electron chi connectivity index (χ0n) is 12.5. The minimum Gasteiger partial charge on any atom is -0.292 e. The number of allylic oxidation sites excluding steroid dienone is 1. The summed E-state index contributed by atoms with van der Waals surface area (Å²) in [5.74, 6) is -0.868. The molecule has 2 N–H and O–H groups in total. The number of hydrogen-bond donors (Lipinski definition) is 1. The van der Waals surface area contributed by atoms with E-state index in [1.807, 2.05) is 30.3 Å². The molecular formula is C17H14BrFN2O2S. The van der Waals surface area contributed by atoms with Gasteiger partial charge in [0.05, 0.1) is 12.0 Å². The first-order chi connectivity index (χ1) is 11.3. The molecule has 1 aliphatic heterocycles. The highest BCUT2D eigenvalue weighted by molar-refractivity contribution is 9.10. The van der Waals surface area contributed by atoms with Crippen LogP contribution >= 0.6 is 15.9 Å². The first kappa shape index (κ1) is 17.0. The lowest BCUT2D eigenvalue weighted by molar-refractivity contribution is 0.561. The molecule has 0 fully saturated rings. The molecule has 0 amide bonds. The van der Waals surface area contributed by atoms with Gasteiger partial charge in [0, 0.05) is 10.7 Å². The third-order valence-corrected chi connectivity index (χ3v) is 5.44. The largest absolute Gasteiger partial charge is 0.292 e. The fourth-order valence-corrected chi connectivity index (χ4v) is 3.82. The average molecular weight is 409 g/mol. The molecule has 24 heavy (non-hydrogen) atoms. The molecule has 0 radical (unpaired) electrons. The van der Waals surface area contributed by atoms with Crippen molar-refractivity contribution in [2.45, 2.75) is 10.3 Å². The maximum absolute atomic E-state index is 14.3. The summed E-state index contributed by atoms with van der Waals surface area (Å²) in [6.45, 7) is 0.397. The lowest BCUT2D eigenvalue weighted by atomic mass is 9.73. The highest BCUT2D eigenvalue weighted by Crippen LogP contribution is 2.37. The Morgan fingerprint density at radius 3 is 2.50 bits per heavy atom. The van der Waals surface area contributed by atoms with Crippen molar-refractivity contribution in [3.63, 3.8) is 0 Å². The summed E-state index contributed by atoms with van der Waals surface area (Å²) in [7, 11) is -4.10. The molecule has 2 aromatic rings. The smallest absolute Gasteiger partial charge is 0.240 e. The fourth-order valence-electron chi connectivity index (χ4n) is 2.83. The van der Waals surface area contributed by atoms with Gasteiger partial charge in [-0.05, 0) is 41.5 Å². The van der Waals surface area contributed by atoms with Crippen molar-refractivity contribution >= 4 is 32.2 Å². The molecule has 0 saturated carbocycles. The van der Waals surface area contributed by atoms with Gasteiger partial charge in [-0.1, -0.05) is 40.2 Å². The molecule has 0 aliphatic carbocycles. The van der Waals surface area contributed by atoms with E-state index in [-0.39, 0.29) is 0 Å². The van der Waals surface area contributed by atoms with Crippen molar-refractivity contribution in [3.05, 3.63) is 76.0 Å². The van der Waals surface area contributed by atoms with Crippen LogP contribution in [0.2, 0.25) is 0 Å². The van der Waals surface area contributed by atoms with Crippen molar-refractivity contribution in [3.8, 4) is 0 Å². The number of aliphatic imine (C=N–C) groups is 1. The number of halogens is 2. The Labute approximate surface area is 148 Å². The zero-order chi connectivity index (χ0) is 17.4. The molecule has 124 valence electrons. The van der Waals surface area contributed by atoms with Gasteiger partial charge in [0.1, 0.15) is 10.7 Å². The van der Waals surface area contributed by atoms with Crippen LogP contribution in [0.25, 0.3) is 0 Å². The number of nitrogens with zero attached hydrogens (tertiary/aromatic N) is 1. The Hall–Kier alpha value is -1.83. The van der Waals surface area contributed by atoms with Crippen LogP contribution in [0.5, 0.6) is 0 Å². The first-order valence-corrected chi connectivity index (χ1v) is 9.43. The van der Waals surface area contributed by atoms with Crippen molar-refractivity contribution in [1.29, 1.82) is 0 Å². The van der Waals surface area contributed by atoms with E-state index in [2.05, 4.69) is 20.9 Å². The number of sulfonamides is 1. The van der Waals surface area contributed by atoms with Crippen molar-refractivity contribution in [2.75, 3.05) is 6.54 Å². The molecule has 1 aliphatic rings. The Kier molecular flexibility index (Phi) is 4.42. The van der Waals surface area contributed by atoms with Crippen LogP contribution in [0.3, 0.4) is 0 Å². The maximum atomic E-state index is 14.3. The van der Waals surface area contributed by atoms with E-state index in [0.29, 0.717) is 12.1 Å². The summed E-state index contributed by atoms with van der Waals surface area (Å²) in [5.41, 5.74) is 0.863. The fraction of sp³-hybridized carbons (Fsp3) is 0.118.